The van der Waals surface area contributed by atoms with E-state index in [2.05, 4.69) is 8.18 Å². The van der Waals surface area contributed by atoms with Crippen LogP contribution in [0.2, 0.25) is 0 Å². The molecule has 0 atom stereocenters. The molecule has 6 heavy (non-hydrogen) atoms. The average Bonchev–Trinajstić information content (AvgIpc) is 1.86. The van der Waals surface area contributed by atoms with Crippen LogP contribution in [0.1, 0.15) is 0 Å². The number of allylic oxidation sites excluding steroid dienone is 2. The molecule has 0 N–H and O–H groups in total. The van der Waals surface area contributed by atoms with Crippen molar-refractivity contribution in [3.63, 3.8) is 0 Å². The zero-order valence-electron chi connectivity index (χ0n) is 3.26. The van der Waals surface area contributed by atoms with Crippen LogP contribution in [0.15, 0.2) is 20.3 Å². The molecule has 0 fully saturated rings. The molecule has 0 spiro atoms. The Morgan fingerprint density at radius 2 is 1.67 bits per heavy atom. The van der Waals surface area contributed by atoms with Crippen molar-refractivity contribution >= 4 is 27.6 Å². The summed E-state index contributed by atoms with van der Waals surface area (Å²) in [6.45, 7) is 0. The minimum absolute atomic E-state index is 1.50. The van der Waals surface area contributed by atoms with E-state index < -0.39 is 18.6 Å². The van der Waals surface area contributed by atoms with Gasteiger partial charge in [0, 0.05) is 0 Å². The Morgan fingerprint density at radius 1 is 1.17 bits per heavy atom. The number of rotatable bonds is 0. The molecule has 0 aromatic heterocycles. The van der Waals surface area contributed by atoms with Crippen LogP contribution >= 0.6 is 8.92 Å². The molecule has 0 nitrogen and oxygen atoms in total. The third kappa shape index (κ3) is 1.02. The molecule has 0 aromatic carbocycles. The average molecular weight is 207 g/mol. The standard InChI is InChI=1S/C4H4.ClH.Sn.H/c1-3-4-2;;;/h1-4H;1H;;/q;;+1;/p-1. The van der Waals surface area contributed by atoms with Crippen molar-refractivity contribution in [3.05, 3.63) is 20.3 Å². The molecular formula is C4H5ClSn. The summed E-state index contributed by atoms with van der Waals surface area (Å²) < 4.78 is 4.28. The Bertz CT molecular complexity index is 83.7. The van der Waals surface area contributed by atoms with Crippen molar-refractivity contribution in [2.24, 2.45) is 0 Å². The molecule has 0 radical (unpaired) electrons. The summed E-state index contributed by atoms with van der Waals surface area (Å²) in [7, 11) is 5.75. The van der Waals surface area contributed by atoms with Crippen molar-refractivity contribution in [2.75, 3.05) is 0 Å². The topological polar surface area (TPSA) is 0 Å². The van der Waals surface area contributed by atoms with Crippen LogP contribution < -0.4 is 0 Å². The zero-order valence-corrected chi connectivity index (χ0v) is 7.32. The molecule has 32 valence electrons. The maximum absolute atomic E-state index is 5.75. The fraction of sp³-hybridized carbons (Fsp3) is 0. The molecule has 2 heteroatoms. The summed E-state index contributed by atoms with van der Waals surface area (Å²) in [5.74, 6) is 0. The van der Waals surface area contributed by atoms with Crippen LogP contribution in [-0.2, 0) is 0 Å². The Hall–Kier alpha value is 0.569. The summed E-state index contributed by atoms with van der Waals surface area (Å²) in [5, 5.41) is 0. The fourth-order valence-electron chi connectivity index (χ4n) is 0.405. The van der Waals surface area contributed by atoms with Crippen molar-refractivity contribution < 1.29 is 0 Å². The van der Waals surface area contributed by atoms with E-state index in [0.29, 0.717) is 0 Å². The van der Waals surface area contributed by atoms with Gasteiger partial charge in [-0.25, -0.2) is 0 Å². The van der Waals surface area contributed by atoms with E-state index in [1.165, 1.54) is 0 Å². The molecule has 0 unspecified atom stereocenters. The van der Waals surface area contributed by atoms with Gasteiger partial charge in [0.2, 0.25) is 0 Å². The molecule has 1 heterocycles. The second-order valence-electron chi connectivity index (χ2n) is 1.21. The van der Waals surface area contributed by atoms with Gasteiger partial charge in [0.25, 0.3) is 0 Å². The second kappa shape index (κ2) is 2.03. The fourth-order valence-corrected chi connectivity index (χ4v) is 3.84. The zero-order chi connectivity index (χ0) is 4.41. The first-order valence-corrected chi connectivity index (χ1v) is 9.86. The molecule has 0 saturated carbocycles. The number of hydrogen-bond acceptors (Lipinski definition) is 0. The third-order valence-electron chi connectivity index (χ3n) is 0.701. The predicted octanol–water partition coefficient (Wildman–Crippen LogP) is 1.15. The molecule has 1 aliphatic heterocycles. The summed E-state index contributed by atoms with van der Waals surface area (Å²) in [4.78, 5) is 0. The van der Waals surface area contributed by atoms with Gasteiger partial charge < -0.3 is 0 Å². The van der Waals surface area contributed by atoms with E-state index in [0.717, 1.165) is 0 Å². The van der Waals surface area contributed by atoms with Gasteiger partial charge in [0.15, 0.2) is 0 Å². The van der Waals surface area contributed by atoms with Gasteiger partial charge in [-0.3, -0.25) is 0 Å². The first-order chi connectivity index (χ1) is 2.89. The molecule has 1 rings (SSSR count). The van der Waals surface area contributed by atoms with Crippen LogP contribution in [-0.4, -0.2) is 18.6 Å². The first kappa shape index (κ1) is 4.72. The van der Waals surface area contributed by atoms with Crippen LogP contribution in [0.4, 0.5) is 0 Å². The maximum atomic E-state index is 5.75. The summed E-state index contributed by atoms with van der Waals surface area (Å²) in [5.41, 5.74) is 0. The summed E-state index contributed by atoms with van der Waals surface area (Å²) >= 11 is -1.50. The van der Waals surface area contributed by atoms with Gasteiger partial charge in [0.1, 0.15) is 0 Å². The van der Waals surface area contributed by atoms with Crippen LogP contribution in [0.5, 0.6) is 0 Å². The molecule has 0 bridgehead atoms. The first-order valence-electron chi connectivity index (χ1n) is 1.88. The van der Waals surface area contributed by atoms with Gasteiger partial charge in [-0.15, -0.1) is 0 Å². The van der Waals surface area contributed by atoms with Crippen molar-refractivity contribution in [1.29, 1.82) is 0 Å². The Morgan fingerprint density at radius 3 is 1.83 bits per heavy atom. The SMILES string of the molecule is [Cl][SnH]1[CH]=CC=[CH]1. The molecule has 1 aliphatic rings. The van der Waals surface area contributed by atoms with Crippen molar-refractivity contribution in [3.8, 4) is 0 Å². The Labute approximate surface area is 48.0 Å². The van der Waals surface area contributed by atoms with Gasteiger partial charge in [-0.05, 0) is 0 Å². The van der Waals surface area contributed by atoms with E-state index in [1.807, 2.05) is 12.2 Å². The van der Waals surface area contributed by atoms with E-state index in [1.54, 1.807) is 0 Å². The summed E-state index contributed by atoms with van der Waals surface area (Å²) in [6, 6.07) is 0. The van der Waals surface area contributed by atoms with Crippen LogP contribution in [0, 0.1) is 0 Å². The van der Waals surface area contributed by atoms with E-state index in [-0.39, 0.29) is 0 Å². The number of halogens is 1. The molecular weight excluding hydrogens is 202 g/mol. The third-order valence-corrected chi connectivity index (χ3v) is 6.02. The van der Waals surface area contributed by atoms with Crippen LogP contribution in [0.3, 0.4) is 0 Å². The van der Waals surface area contributed by atoms with Crippen molar-refractivity contribution in [1.82, 2.24) is 0 Å². The quantitative estimate of drug-likeness (QED) is 0.523. The van der Waals surface area contributed by atoms with Gasteiger partial charge in [-0.2, -0.15) is 0 Å². The Balaban J connectivity index is 2.60. The molecule has 0 aromatic rings. The summed E-state index contributed by atoms with van der Waals surface area (Å²) in [6.07, 6.45) is 4.07. The predicted molar refractivity (Wildman–Crippen MR) is 31.3 cm³/mol. The van der Waals surface area contributed by atoms with E-state index in [4.69, 9.17) is 8.92 Å². The molecule has 0 aliphatic carbocycles. The van der Waals surface area contributed by atoms with Gasteiger partial charge in [-0.1, -0.05) is 0 Å². The molecule has 0 saturated heterocycles. The second-order valence-corrected chi connectivity index (χ2v) is 9.33. The van der Waals surface area contributed by atoms with Gasteiger partial charge in [0.05, 0.1) is 0 Å². The van der Waals surface area contributed by atoms with E-state index >= 15 is 0 Å². The van der Waals surface area contributed by atoms with Crippen LogP contribution in [0.25, 0.3) is 0 Å². The van der Waals surface area contributed by atoms with Gasteiger partial charge >= 0.3 is 47.9 Å². The monoisotopic (exact) mass is 208 g/mol. The molecule has 0 amide bonds. The van der Waals surface area contributed by atoms with Crippen molar-refractivity contribution in [2.45, 2.75) is 0 Å². The Kier molecular flexibility index (Phi) is 1.60. The van der Waals surface area contributed by atoms with E-state index in [9.17, 15) is 0 Å². The number of hydrogen-bond donors (Lipinski definition) is 0. The normalized spacial score (nSPS) is 20.2. The minimum atomic E-state index is -1.50.